The first kappa shape index (κ1) is 10.7. The third-order valence-corrected chi connectivity index (χ3v) is 2.73. The highest BCUT2D eigenvalue weighted by atomic mass is 16.4. The summed E-state index contributed by atoms with van der Waals surface area (Å²) >= 11 is 0. The van der Waals surface area contributed by atoms with Crippen molar-refractivity contribution in [3.8, 4) is 0 Å². The van der Waals surface area contributed by atoms with Gasteiger partial charge in [-0.15, -0.1) is 0 Å². The summed E-state index contributed by atoms with van der Waals surface area (Å²) in [5.74, 6) is 0.887. The number of piperazine rings is 1. The summed E-state index contributed by atoms with van der Waals surface area (Å²) in [5.41, 5.74) is 0. The van der Waals surface area contributed by atoms with Gasteiger partial charge in [0.2, 0.25) is 5.91 Å². The lowest BCUT2D eigenvalue weighted by molar-refractivity contribution is -0.123. The minimum atomic E-state index is -0.209. The van der Waals surface area contributed by atoms with Crippen LogP contribution >= 0.6 is 0 Å². The number of anilines is 1. The first-order chi connectivity index (χ1) is 7.76. The van der Waals surface area contributed by atoms with E-state index in [1.54, 1.807) is 12.1 Å². The third-order valence-electron chi connectivity index (χ3n) is 2.73. The van der Waals surface area contributed by atoms with Gasteiger partial charge in [-0.05, 0) is 12.5 Å². The lowest BCUT2D eigenvalue weighted by Gasteiger charge is -2.34. The molecule has 1 aromatic heterocycles. The first-order valence-electron chi connectivity index (χ1n) is 5.35. The molecule has 86 valence electrons. The number of carbonyl (C=O) groups excluding carboxylic acids is 2. The van der Waals surface area contributed by atoms with Gasteiger partial charge in [0.25, 0.3) is 0 Å². The minimum absolute atomic E-state index is 0.0119. The molecule has 1 aliphatic heterocycles. The highest BCUT2D eigenvalue weighted by Gasteiger charge is 2.29. The molecule has 0 aromatic carbocycles. The molecule has 5 heteroatoms. The van der Waals surface area contributed by atoms with Crippen LogP contribution in [-0.4, -0.2) is 31.3 Å². The second-order valence-electron chi connectivity index (χ2n) is 3.70. The average molecular weight is 222 g/mol. The van der Waals surface area contributed by atoms with Crippen LogP contribution in [0.15, 0.2) is 16.5 Å². The van der Waals surface area contributed by atoms with E-state index in [-0.39, 0.29) is 17.7 Å². The van der Waals surface area contributed by atoms with Crippen LogP contribution in [-0.2, 0) is 4.79 Å². The predicted molar refractivity (Wildman–Crippen MR) is 58.5 cm³/mol. The molecule has 1 aliphatic rings. The molecule has 1 N–H and O–H groups in total. The molecule has 16 heavy (non-hydrogen) atoms. The first-order valence-corrected chi connectivity index (χ1v) is 5.35. The van der Waals surface area contributed by atoms with Gasteiger partial charge in [0, 0.05) is 19.2 Å². The second-order valence-corrected chi connectivity index (χ2v) is 3.70. The Bertz CT molecular complexity index is 400. The highest BCUT2D eigenvalue weighted by Crippen LogP contribution is 2.22. The predicted octanol–water partition coefficient (Wildman–Crippen LogP) is 0.807. The van der Waals surface area contributed by atoms with Crippen molar-refractivity contribution in [3.63, 3.8) is 0 Å². The van der Waals surface area contributed by atoms with Crippen molar-refractivity contribution in [1.82, 2.24) is 5.32 Å². The van der Waals surface area contributed by atoms with Crippen LogP contribution in [0.5, 0.6) is 0 Å². The summed E-state index contributed by atoms with van der Waals surface area (Å²) in [6.07, 6.45) is 1.37. The van der Waals surface area contributed by atoms with Crippen molar-refractivity contribution in [2.24, 2.45) is 0 Å². The zero-order valence-electron chi connectivity index (χ0n) is 9.10. The number of carbonyl (C=O) groups is 2. The van der Waals surface area contributed by atoms with E-state index < -0.39 is 0 Å². The third kappa shape index (κ3) is 1.80. The number of aldehydes is 1. The van der Waals surface area contributed by atoms with Gasteiger partial charge < -0.3 is 14.6 Å². The fourth-order valence-electron chi connectivity index (χ4n) is 1.94. The van der Waals surface area contributed by atoms with E-state index in [4.69, 9.17) is 4.42 Å². The Morgan fingerprint density at radius 2 is 2.44 bits per heavy atom. The maximum Gasteiger partial charge on any atom is 0.242 e. The van der Waals surface area contributed by atoms with E-state index in [2.05, 4.69) is 5.32 Å². The molecule has 2 heterocycles. The lowest BCUT2D eigenvalue weighted by atomic mass is 10.1. The molecule has 1 amide bonds. The summed E-state index contributed by atoms with van der Waals surface area (Å²) < 4.78 is 5.33. The van der Waals surface area contributed by atoms with Crippen molar-refractivity contribution in [2.45, 2.75) is 19.4 Å². The quantitative estimate of drug-likeness (QED) is 0.769. The van der Waals surface area contributed by atoms with Crippen molar-refractivity contribution >= 4 is 18.1 Å². The summed E-state index contributed by atoms with van der Waals surface area (Å²) in [7, 11) is 0. The van der Waals surface area contributed by atoms with Crippen molar-refractivity contribution in [2.75, 3.05) is 18.0 Å². The van der Waals surface area contributed by atoms with Crippen LogP contribution in [0.2, 0.25) is 0 Å². The Kier molecular flexibility index (Phi) is 2.94. The molecule has 0 saturated carbocycles. The molecule has 1 aromatic rings. The van der Waals surface area contributed by atoms with E-state index in [1.165, 1.54) is 0 Å². The number of hydrogen-bond donors (Lipinski definition) is 1. The van der Waals surface area contributed by atoms with E-state index >= 15 is 0 Å². The fourth-order valence-corrected chi connectivity index (χ4v) is 1.94. The molecule has 1 atom stereocenters. The van der Waals surface area contributed by atoms with Gasteiger partial charge >= 0.3 is 0 Å². The van der Waals surface area contributed by atoms with Gasteiger partial charge in [-0.25, -0.2) is 0 Å². The maximum atomic E-state index is 11.6. The zero-order chi connectivity index (χ0) is 11.5. The number of amides is 1. The largest absolute Gasteiger partial charge is 0.438 e. The molecule has 0 aliphatic carbocycles. The molecule has 0 spiro atoms. The standard InChI is InChI=1S/C11H14N2O3/c1-2-9-11(15)12-5-6-13(9)10-4-3-8(7-14)16-10/h3-4,7,9H,2,5-6H2,1H3,(H,12,15). The van der Waals surface area contributed by atoms with E-state index in [9.17, 15) is 9.59 Å². The number of hydrogen-bond acceptors (Lipinski definition) is 4. The maximum absolute atomic E-state index is 11.6. The van der Waals surface area contributed by atoms with Crippen LogP contribution < -0.4 is 10.2 Å². The SMILES string of the molecule is CCC1C(=O)NCCN1c1ccc(C=O)o1. The van der Waals surface area contributed by atoms with Gasteiger partial charge in [0.05, 0.1) is 0 Å². The molecule has 0 radical (unpaired) electrons. The summed E-state index contributed by atoms with van der Waals surface area (Å²) in [6, 6.07) is 3.13. The van der Waals surface area contributed by atoms with Crippen LogP contribution in [0.25, 0.3) is 0 Å². The lowest BCUT2D eigenvalue weighted by Crippen LogP contribution is -2.55. The molecule has 5 nitrogen and oxygen atoms in total. The van der Waals surface area contributed by atoms with Gasteiger partial charge in [-0.2, -0.15) is 0 Å². The van der Waals surface area contributed by atoms with Crippen LogP contribution in [0, 0.1) is 0 Å². The topological polar surface area (TPSA) is 62.6 Å². The van der Waals surface area contributed by atoms with Crippen LogP contribution in [0.4, 0.5) is 5.88 Å². The summed E-state index contributed by atoms with van der Waals surface area (Å²) in [4.78, 5) is 24.0. The van der Waals surface area contributed by atoms with E-state index in [0.717, 1.165) is 0 Å². The Morgan fingerprint density at radius 3 is 3.06 bits per heavy atom. The van der Waals surface area contributed by atoms with Crippen LogP contribution in [0.3, 0.4) is 0 Å². The summed E-state index contributed by atoms with van der Waals surface area (Å²) in [6.45, 7) is 3.26. The van der Waals surface area contributed by atoms with Gasteiger partial charge in [0.15, 0.2) is 17.9 Å². The summed E-state index contributed by atoms with van der Waals surface area (Å²) in [5, 5.41) is 2.81. The Balaban J connectivity index is 2.23. The normalized spacial score (nSPS) is 20.7. The van der Waals surface area contributed by atoms with Gasteiger partial charge in [-0.3, -0.25) is 9.59 Å². The smallest absolute Gasteiger partial charge is 0.242 e. The van der Waals surface area contributed by atoms with Crippen molar-refractivity contribution < 1.29 is 14.0 Å². The molecular formula is C11H14N2O3. The zero-order valence-corrected chi connectivity index (χ0v) is 9.10. The second kappa shape index (κ2) is 4.38. The highest BCUT2D eigenvalue weighted by molar-refractivity contribution is 5.86. The number of rotatable bonds is 3. The Hall–Kier alpha value is -1.78. The molecule has 1 unspecified atom stereocenters. The van der Waals surface area contributed by atoms with Crippen molar-refractivity contribution in [3.05, 3.63) is 17.9 Å². The minimum Gasteiger partial charge on any atom is -0.438 e. The molecule has 2 rings (SSSR count). The van der Waals surface area contributed by atoms with E-state index in [1.807, 2.05) is 11.8 Å². The number of furan rings is 1. The van der Waals surface area contributed by atoms with Gasteiger partial charge in [-0.1, -0.05) is 6.92 Å². The average Bonchev–Trinajstić information content (AvgIpc) is 2.77. The number of nitrogens with zero attached hydrogens (tertiary/aromatic N) is 1. The van der Waals surface area contributed by atoms with Gasteiger partial charge in [0.1, 0.15) is 6.04 Å². The fraction of sp³-hybridized carbons (Fsp3) is 0.455. The monoisotopic (exact) mass is 222 g/mol. The molecular weight excluding hydrogens is 208 g/mol. The Labute approximate surface area is 93.4 Å². The molecule has 1 fully saturated rings. The Morgan fingerprint density at radius 1 is 1.62 bits per heavy atom. The van der Waals surface area contributed by atoms with E-state index in [0.29, 0.717) is 31.7 Å². The van der Waals surface area contributed by atoms with Crippen LogP contribution in [0.1, 0.15) is 23.9 Å². The number of nitrogens with one attached hydrogen (secondary N) is 1. The van der Waals surface area contributed by atoms with Crippen molar-refractivity contribution in [1.29, 1.82) is 0 Å². The molecule has 1 saturated heterocycles. The molecule has 0 bridgehead atoms.